The van der Waals surface area contributed by atoms with Gasteiger partial charge in [0.25, 0.3) is 5.91 Å². The largest absolute Gasteiger partial charge is 0.396 e. The van der Waals surface area contributed by atoms with Crippen LogP contribution in [-0.2, 0) is 0 Å². The standard InChI is InChI=1S/C12H16N2O2/c15-8-9-6-13(7-9)12(16)11-2-1-5-14(11)10-3-4-10/h1-2,5,9-10,15H,3-4,6-8H2. The van der Waals surface area contributed by atoms with Gasteiger partial charge in [0.1, 0.15) is 5.69 Å². The highest BCUT2D eigenvalue weighted by molar-refractivity contribution is 5.93. The molecule has 86 valence electrons. The fourth-order valence-corrected chi connectivity index (χ4v) is 2.26. The maximum absolute atomic E-state index is 12.1. The molecule has 4 nitrogen and oxygen atoms in total. The molecule has 1 aliphatic heterocycles. The summed E-state index contributed by atoms with van der Waals surface area (Å²) in [6, 6.07) is 4.38. The van der Waals surface area contributed by atoms with Crippen LogP contribution >= 0.6 is 0 Å². The van der Waals surface area contributed by atoms with E-state index in [0.29, 0.717) is 19.1 Å². The van der Waals surface area contributed by atoms with E-state index in [4.69, 9.17) is 5.11 Å². The Morgan fingerprint density at radius 2 is 2.19 bits per heavy atom. The smallest absolute Gasteiger partial charge is 0.270 e. The van der Waals surface area contributed by atoms with Crippen LogP contribution in [-0.4, -0.2) is 40.2 Å². The summed E-state index contributed by atoms with van der Waals surface area (Å²) < 4.78 is 2.09. The van der Waals surface area contributed by atoms with Crippen LogP contribution in [0, 0.1) is 5.92 Å². The van der Waals surface area contributed by atoms with Crippen molar-refractivity contribution >= 4 is 5.91 Å². The van der Waals surface area contributed by atoms with E-state index in [1.54, 1.807) is 0 Å². The van der Waals surface area contributed by atoms with E-state index in [9.17, 15) is 4.79 Å². The van der Waals surface area contributed by atoms with E-state index in [1.807, 2.05) is 23.2 Å². The first-order valence-corrected chi connectivity index (χ1v) is 5.86. The van der Waals surface area contributed by atoms with Crippen LogP contribution in [0.15, 0.2) is 18.3 Å². The van der Waals surface area contributed by atoms with Crippen molar-refractivity contribution in [2.24, 2.45) is 5.92 Å². The Hall–Kier alpha value is -1.29. The van der Waals surface area contributed by atoms with Crippen molar-refractivity contribution in [2.75, 3.05) is 19.7 Å². The van der Waals surface area contributed by atoms with Gasteiger partial charge in [0, 0.05) is 37.9 Å². The average Bonchev–Trinajstić information content (AvgIpc) is 2.94. The van der Waals surface area contributed by atoms with Gasteiger partial charge in [-0.05, 0) is 25.0 Å². The van der Waals surface area contributed by atoms with E-state index in [1.165, 1.54) is 12.8 Å². The number of aliphatic hydroxyl groups is 1. The number of rotatable bonds is 3. The summed E-state index contributed by atoms with van der Waals surface area (Å²) in [5, 5.41) is 8.93. The first-order chi connectivity index (χ1) is 7.79. The third-order valence-electron chi connectivity index (χ3n) is 3.44. The predicted octanol–water partition coefficient (Wildman–Crippen LogP) is 0.887. The molecular formula is C12H16N2O2. The number of nitrogens with zero attached hydrogens (tertiary/aromatic N) is 2. The molecule has 1 amide bonds. The van der Waals surface area contributed by atoms with Crippen molar-refractivity contribution in [1.29, 1.82) is 0 Å². The molecule has 1 N–H and O–H groups in total. The van der Waals surface area contributed by atoms with Gasteiger partial charge in [-0.3, -0.25) is 4.79 Å². The van der Waals surface area contributed by atoms with Crippen molar-refractivity contribution in [2.45, 2.75) is 18.9 Å². The fraction of sp³-hybridized carbons (Fsp3) is 0.583. The van der Waals surface area contributed by atoms with Gasteiger partial charge in [-0.2, -0.15) is 0 Å². The highest BCUT2D eigenvalue weighted by Gasteiger charge is 2.33. The van der Waals surface area contributed by atoms with Crippen molar-refractivity contribution in [1.82, 2.24) is 9.47 Å². The zero-order valence-corrected chi connectivity index (χ0v) is 9.17. The molecule has 0 bridgehead atoms. The molecule has 1 aromatic rings. The first kappa shape index (κ1) is 9.90. The lowest BCUT2D eigenvalue weighted by molar-refractivity contribution is 0.0352. The zero-order valence-electron chi connectivity index (χ0n) is 9.17. The zero-order chi connectivity index (χ0) is 11.1. The molecule has 0 aromatic carbocycles. The van der Waals surface area contributed by atoms with E-state index >= 15 is 0 Å². The summed E-state index contributed by atoms with van der Waals surface area (Å²) in [4.78, 5) is 13.9. The molecule has 2 heterocycles. The molecule has 16 heavy (non-hydrogen) atoms. The molecule has 1 saturated heterocycles. The van der Waals surface area contributed by atoms with Crippen LogP contribution in [0.3, 0.4) is 0 Å². The third-order valence-corrected chi connectivity index (χ3v) is 3.44. The minimum Gasteiger partial charge on any atom is -0.396 e. The van der Waals surface area contributed by atoms with Gasteiger partial charge in [-0.1, -0.05) is 0 Å². The van der Waals surface area contributed by atoms with Crippen molar-refractivity contribution in [3.8, 4) is 0 Å². The number of aromatic nitrogens is 1. The van der Waals surface area contributed by atoms with Crippen LogP contribution in [0.5, 0.6) is 0 Å². The molecule has 1 saturated carbocycles. The summed E-state index contributed by atoms with van der Waals surface area (Å²) >= 11 is 0. The Labute approximate surface area is 94.5 Å². The fourth-order valence-electron chi connectivity index (χ4n) is 2.26. The van der Waals surface area contributed by atoms with Crippen molar-refractivity contribution in [3.05, 3.63) is 24.0 Å². The number of hydrogen-bond acceptors (Lipinski definition) is 2. The third kappa shape index (κ3) is 1.53. The Bertz CT molecular complexity index is 403. The second-order valence-electron chi connectivity index (χ2n) is 4.79. The molecule has 3 rings (SSSR count). The highest BCUT2D eigenvalue weighted by atomic mass is 16.3. The first-order valence-electron chi connectivity index (χ1n) is 5.86. The van der Waals surface area contributed by atoms with Crippen LogP contribution in [0.4, 0.5) is 0 Å². The molecule has 1 aromatic heterocycles. The normalized spacial score (nSPS) is 20.9. The molecule has 0 unspecified atom stereocenters. The van der Waals surface area contributed by atoms with Crippen molar-refractivity contribution in [3.63, 3.8) is 0 Å². The maximum atomic E-state index is 12.1. The SMILES string of the molecule is O=C(c1cccn1C1CC1)N1CC(CO)C1. The number of carbonyl (C=O) groups excluding carboxylic acids is 1. The highest BCUT2D eigenvalue weighted by Crippen LogP contribution is 2.36. The van der Waals surface area contributed by atoms with Gasteiger partial charge in [0.2, 0.25) is 0 Å². The van der Waals surface area contributed by atoms with E-state index < -0.39 is 0 Å². The summed E-state index contributed by atoms with van der Waals surface area (Å²) in [5.74, 6) is 0.398. The Balaban J connectivity index is 1.72. The quantitative estimate of drug-likeness (QED) is 0.822. The number of likely N-dealkylation sites (tertiary alicyclic amines) is 1. The molecule has 4 heteroatoms. The predicted molar refractivity (Wildman–Crippen MR) is 59.2 cm³/mol. The minimum atomic E-state index is 0.113. The van der Waals surface area contributed by atoms with Gasteiger partial charge >= 0.3 is 0 Å². The summed E-state index contributed by atoms with van der Waals surface area (Å²) in [6.07, 6.45) is 4.37. The van der Waals surface area contributed by atoms with Gasteiger partial charge < -0.3 is 14.6 Å². The molecule has 2 fully saturated rings. The van der Waals surface area contributed by atoms with Gasteiger partial charge in [0.15, 0.2) is 0 Å². The number of hydrogen-bond donors (Lipinski definition) is 1. The number of aliphatic hydroxyl groups excluding tert-OH is 1. The lowest BCUT2D eigenvalue weighted by Crippen LogP contribution is -2.51. The van der Waals surface area contributed by atoms with Gasteiger partial charge in [0.05, 0.1) is 0 Å². The second kappa shape index (κ2) is 3.63. The van der Waals surface area contributed by atoms with Gasteiger partial charge in [-0.25, -0.2) is 0 Å². The Morgan fingerprint density at radius 3 is 2.81 bits per heavy atom. The number of carbonyl (C=O) groups is 1. The maximum Gasteiger partial charge on any atom is 0.270 e. The lowest BCUT2D eigenvalue weighted by Gasteiger charge is -2.38. The molecular weight excluding hydrogens is 204 g/mol. The van der Waals surface area contributed by atoms with Gasteiger partial charge in [-0.15, -0.1) is 0 Å². The topological polar surface area (TPSA) is 45.5 Å². The monoisotopic (exact) mass is 220 g/mol. The summed E-state index contributed by atoms with van der Waals surface area (Å²) in [7, 11) is 0. The Kier molecular flexibility index (Phi) is 2.24. The van der Waals surface area contributed by atoms with Crippen LogP contribution < -0.4 is 0 Å². The van der Waals surface area contributed by atoms with Crippen LogP contribution in [0.1, 0.15) is 29.4 Å². The van der Waals surface area contributed by atoms with E-state index in [0.717, 1.165) is 5.69 Å². The lowest BCUT2D eigenvalue weighted by atomic mass is 10.0. The summed E-state index contributed by atoms with van der Waals surface area (Å²) in [6.45, 7) is 1.59. The van der Waals surface area contributed by atoms with Crippen LogP contribution in [0.2, 0.25) is 0 Å². The molecule has 1 aliphatic carbocycles. The Morgan fingerprint density at radius 1 is 1.44 bits per heavy atom. The second-order valence-corrected chi connectivity index (χ2v) is 4.79. The number of amides is 1. The van der Waals surface area contributed by atoms with E-state index in [-0.39, 0.29) is 18.4 Å². The molecule has 0 radical (unpaired) electrons. The van der Waals surface area contributed by atoms with E-state index in [2.05, 4.69) is 4.57 Å². The molecule has 0 atom stereocenters. The molecule has 0 spiro atoms. The molecule has 2 aliphatic rings. The van der Waals surface area contributed by atoms with Crippen LogP contribution in [0.25, 0.3) is 0 Å². The van der Waals surface area contributed by atoms with Crippen molar-refractivity contribution < 1.29 is 9.90 Å². The average molecular weight is 220 g/mol. The minimum absolute atomic E-state index is 0.113. The summed E-state index contributed by atoms with van der Waals surface area (Å²) in [5.41, 5.74) is 0.805.